The third-order valence-electron chi connectivity index (χ3n) is 3.32. The second kappa shape index (κ2) is 6.57. The van der Waals surface area contributed by atoms with Crippen LogP contribution in [0.2, 0.25) is 5.02 Å². The second-order valence-electron chi connectivity index (χ2n) is 4.77. The molecule has 0 aliphatic carbocycles. The average Bonchev–Trinajstić information content (AvgIpc) is 2.82. The van der Waals surface area contributed by atoms with Gasteiger partial charge in [0, 0.05) is 18.4 Å². The summed E-state index contributed by atoms with van der Waals surface area (Å²) in [5, 5.41) is 24.5. The Morgan fingerprint density at radius 2 is 2.09 bits per heavy atom. The Hall–Kier alpha value is -2.41. The molecule has 2 aromatic rings. The molecule has 0 aliphatic heterocycles. The highest BCUT2D eigenvalue weighted by atomic mass is 35.5. The van der Waals surface area contributed by atoms with Gasteiger partial charge in [0.1, 0.15) is 0 Å². The molecule has 0 bridgehead atoms. The van der Waals surface area contributed by atoms with Crippen molar-refractivity contribution in [3.8, 4) is 0 Å². The van der Waals surface area contributed by atoms with Crippen LogP contribution in [0.25, 0.3) is 0 Å². The van der Waals surface area contributed by atoms with Gasteiger partial charge >= 0.3 is 11.7 Å². The molecule has 1 aromatic carbocycles. The molecule has 0 radical (unpaired) electrons. The van der Waals surface area contributed by atoms with Crippen LogP contribution in [0.3, 0.4) is 0 Å². The molecule has 22 heavy (non-hydrogen) atoms. The predicted molar refractivity (Wildman–Crippen MR) is 78.0 cm³/mol. The summed E-state index contributed by atoms with van der Waals surface area (Å²) in [5.74, 6) is -1.70. The molecule has 1 atom stereocenters. The topological polar surface area (TPSA) is 106 Å². The number of halogens is 1. The Balaban J connectivity index is 2.18. The van der Waals surface area contributed by atoms with Crippen molar-refractivity contribution < 1.29 is 19.3 Å². The Morgan fingerprint density at radius 3 is 2.64 bits per heavy atom. The molecule has 1 heterocycles. The molecular formula is C14H13ClN2O5. The molecule has 8 heteroatoms. The number of carboxylic acid groups (broad SMARTS) is 1. The number of rotatable bonds is 6. The van der Waals surface area contributed by atoms with E-state index in [4.69, 9.17) is 16.1 Å². The molecule has 116 valence electrons. The fraction of sp³-hybridized carbons (Fsp3) is 0.286. The summed E-state index contributed by atoms with van der Waals surface area (Å²) in [7, 11) is 0. The average molecular weight is 325 g/mol. The molecule has 1 aromatic heterocycles. The lowest BCUT2D eigenvalue weighted by molar-refractivity contribution is -0.386. The number of nitro groups is 1. The molecule has 0 aliphatic rings. The van der Waals surface area contributed by atoms with Crippen LogP contribution in [0.1, 0.15) is 29.4 Å². The smallest absolute Gasteiger partial charge is 0.334 e. The van der Waals surface area contributed by atoms with Gasteiger partial charge in [0.05, 0.1) is 10.8 Å². The van der Waals surface area contributed by atoms with Crippen molar-refractivity contribution in [2.45, 2.75) is 25.7 Å². The van der Waals surface area contributed by atoms with Crippen molar-refractivity contribution in [3.05, 3.63) is 56.4 Å². The van der Waals surface area contributed by atoms with Crippen molar-refractivity contribution in [1.82, 2.24) is 5.16 Å². The van der Waals surface area contributed by atoms with Gasteiger partial charge in [0.15, 0.2) is 5.69 Å². The molecule has 0 spiro atoms. The van der Waals surface area contributed by atoms with E-state index in [1.807, 2.05) is 0 Å². The monoisotopic (exact) mass is 324 g/mol. The van der Waals surface area contributed by atoms with E-state index in [0.29, 0.717) is 10.6 Å². The van der Waals surface area contributed by atoms with Gasteiger partial charge in [-0.15, -0.1) is 0 Å². The van der Waals surface area contributed by atoms with Crippen molar-refractivity contribution in [2.75, 3.05) is 0 Å². The van der Waals surface area contributed by atoms with Gasteiger partial charge in [-0.3, -0.25) is 14.9 Å². The van der Waals surface area contributed by atoms with E-state index < -0.39 is 16.8 Å². The maximum Gasteiger partial charge on any atom is 0.334 e. The zero-order chi connectivity index (χ0) is 16.3. The third kappa shape index (κ3) is 3.43. The van der Waals surface area contributed by atoms with Gasteiger partial charge in [-0.05, 0) is 24.1 Å². The van der Waals surface area contributed by atoms with E-state index in [1.165, 1.54) is 6.92 Å². The van der Waals surface area contributed by atoms with Crippen LogP contribution in [-0.2, 0) is 11.2 Å². The normalized spacial score (nSPS) is 12.1. The maximum absolute atomic E-state index is 11.4. The summed E-state index contributed by atoms with van der Waals surface area (Å²) in [6, 6.07) is 6.47. The fourth-order valence-corrected chi connectivity index (χ4v) is 2.35. The molecule has 7 nitrogen and oxygen atoms in total. The van der Waals surface area contributed by atoms with Gasteiger partial charge in [0.2, 0.25) is 5.76 Å². The van der Waals surface area contributed by atoms with E-state index in [2.05, 4.69) is 5.16 Å². The fourth-order valence-electron chi connectivity index (χ4n) is 2.22. The van der Waals surface area contributed by atoms with Crippen LogP contribution in [0, 0.1) is 17.0 Å². The van der Waals surface area contributed by atoms with Crippen LogP contribution in [0.5, 0.6) is 0 Å². The summed E-state index contributed by atoms with van der Waals surface area (Å²) in [6.45, 7) is 1.45. The van der Waals surface area contributed by atoms with Crippen LogP contribution in [-0.4, -0.2) is 21.2 Å². The van der Waals surface area contributed by atoms with E-state index in [-0.39, 0.29) is 30.0 Å². The van der Waals surface area contributed by atoms with Gasteiger partial charge in [0.25, 0.3) is 0 Å². The van der Waals surface area contributed by atoms with Crippen LogP contribution >= 0.6 is 11.6 Å². The maximum atomic E-state index is 11.4. The van der Waals surface area contributed by atoms with Crippen molar-refractivity contribution >= 4 is 23.3 Å². The molecule has 1 unspecified atom stereocenters. The van der Waals surface area contributed by atoms with Gasteiger partial charge in [-0.25, -0.2) is 0 Å². The number of aromatic nitrogens is 1. The third-order valence-corrected chi connectivity index (χ3v) is 3.57. The number of hydrogen-bond donors (Lipinski definition) is 1. The highest BCUT2D eigenvalue weighted by Gasteiger charge is 2.26. The highest BCUT2D eigenvalue weighted by molar-refractivity contribution is 6.30. The molecule has 0 amide bonds. The Labute approximate surface area is 130 Å². The lowest BCUT2D eigenvalue weighted by Gasteiger charge is -2.11. The first-order chi connectivity index (χ1) is 10.4. The zero-order valence-corrected chi connectivity index (χ0v) is 12.4. The van der Waals surface area contributed by atoms with E-state index in [9.17, 15) is 20.0 Å². The van der Waals surface area contributed by atoms with Crippen molar-refractivity contribution in [2.24, 2.45) is 0 Å². The van der Waals surface area contributed by atoms with Crippen LogP contribution < -0.4 is 0 Å². The van der Waals surface area contributed by atoms with Gasteiger partial charge < -0.3 is 9.63 Å². The first-order valence-corrected chi connectivity index (χ1v) is 6.85. The van der Waals surface area contributed by atoms with Crippen molar-refractivity contribution in [3.63, 3.8) is 0 Å². The minimum Gasteiger partial charge on any atom is -0.481 e. The lowest BCUT2D eigenvalue weighted by Crippen LogP contribution is -2.13. The summed E-state index contributed by atoms with van der Waals surface area (Å²) in [5.41, 5.74) is 0.544. The Kier molecular flexibility index (Phi) is 4.77. The number of benzene rings is 1. The number of aryl methyl sites for hydroxylation is 2. The summed E-state index contributed by atoms with van der Waals surface area (Å²) >= 11 is 5.78. The van der Waals surface area contributed by atoms with E-state index >= 15 is 0 Å². The second-order valence-corrected chi connectivity index (χ2v) is 5.21. The SMILES string of the molecule is Cc1onc(CCC(C(=O)O)c2ccc(Cl)cc2)c1[N+](=O)[O-]. The molecule has 0 fully saturated rings. The molecule has 1 N–H and O–H groups in total. The molecular weight excluding hydrogens is 312 g/mol. The number of carbonyl (C=O) groups is 1. The minimum absolute atomic E-state index is 0.110. The quantitative estimate of drug-likeness (QED) is 0.645. The number of aliphatic carboxylic acids is 1. The van der Waals surface area contributed by atoms with E-state index in [0.717, 1.165) is 0 Å². The number of nitrogens with zero attached hydrogens (tertiary/aromatic N) is 2. The highest BCUT2D eigenvalue weighted by Crippen LogP contribution is 2.28. The van der Waals surface area contributed by atoms with Crippen molar-refractivity contribution in [1.29, 1.82) is 0 Å². The lowest BCUT2D eigenvalue weighted by atomic mass is 9.93. The number of carboxylic acids is 1. The largest absolute Gasteiger partial charge is 0.481 e. The molecule has 0 saturated carbocycles. The number of hydrogen-bond acceptors (Lipinski definition) is 5. The van der Waals surface area contributed by atoms with Crippen LogP contribution in [0.15, 0.2) is 28.8 Å². The Morgan fingerprint density at radius 1 is 1.45 bits per heavy atom. The summed E-state index contributed by atoms with van der Waals surface area (Å²) in [6.07, 6.45) is 0.303. The van der Waals surface area contributed by atoms with Gasteiger partial charge in [-0.1, -0.05) is 28.9 Å². The first kappa shape index (κ1) is 16.0. The summed E-state index contributed by atoms with van der Waals surface area (Å²) in [4.78, 5) is 21.8. The minimum atomic E-state index is -1.01. The molecule has 0 saturated heterocycles. The van der Waals surface area contributed by atoms with E-state index in [1.54, 1.807) is 24.3 Å². The predicted octanol–water partition coefficient (Wildman–Crippen LogP) is 3.35. The van der Waals surface area contributed by atoms with Crippen LogP contribution in [0.4, 0.5) is 5.69 Å². The zero-order valence-electron chi connectivity index (χ0n) is 11.7. The Bertz CT molecular complexity index is 696. The van der Waals surface area contributed by atoms with Gasteiger partial charge in [-0.2, -0.15) is 0 Å². The standard InChI is InChI=1S/C14H13ClN2O5/c1-8-13(17(20)21)12(16-22-8)7-6-11(14(18)19)9-2-4-10(15)5-3-9/h2-5,11H,6-7H2,1H3,(H,18,19). The molecule has 2 rings (SSSR count). The summed E-state index contributed by atoms with van der Waals surface area (Å²) < 4.78 is 4.81. The first-order valence-electron chi connectivity index (χ1n) is 6.48.